The molecule has 39 heavy (non-hydrogen) atoms. The number of nitrogens with zero attached hydrogens (tertiary/aromatic N) is 7. The topological polar surface area (TPSA) is 154 Å². The molecule has 3 aromatic heterocycles. The van der Waals surface area contributed by atoms with Crippen molar-refractivity contribution >= 4 is 22.8 Å². The SMILES string of the molecule is COc1cc(F)c(-c2nnc(N3CCC[C@](N)([C@H](O)C(F)F)C3)cc2Cn2cnc3c(N)ncnc32)cc1F. The summed E-state index contributed by atoms with van der Waals surface area (Å²) < 4.78 is 62.8. The van der Waals surface area contributed by atoms with Crippen LogP contribution >= 0.6 is 0 Å². The Hall–Kier alpha value is -4.11. The van der Waals surface area contributed by atoms with E-state index in [0.29, 0.717) is 29.7 Å². The first kappa shape index (κ1) is 26.5. The van der Waals surface area contributed by atoms with Gasteiger partial charge in [0.05, 0.1) is 25.5 Å². The van der Waals surface area contributed by atoms with E-state index >= 15 is 4.39 Å². The van der Waals surface area contributed by atoms with Crippen LogP contribution < -0.4 is 21.1 Å². The fraction of sp³-hybridized carbons (Fsp3) is 0.375. The number of halogens is 4. The maximum absolute atomic E-state index is 15.1. The Morgan fingerprint density at radius 2 is 1.92 bits per heavy atom. The van der Waals surface area contributed by atoms with Crippen LogP contribution in [-0.4, -0.2) is 73.1 Å². The number of anilines is 2. The molecule has 15 heteroatoms. The maximum Gasteiger partial charge on any atom is 0.265 e. The van der Waals surface area contributed by atoms with Gasteiger partial charge >= 0.3 is 0 Å². The van der Waals surface area contributed by atoms with Gasteiger partial charge in [0, 0.05) is 30.3 Å². The largest absolute Gasteiger partial charge is 0.494 e. The van der Waals surface area contributed by atoms with Gasteiger partial charge in [-0.1, -0.05) is 0 Å². The second kappa shape index (κ2) is 10.2. The predicted octanol–water partition coefficient (Wildman–Crippen LogP) is 2.12. The number of hydrogen-bond donors (Lipinski definition) is 3. The van der Waals surface area contributed by atoms with Crippen LogP contribution in [0.2, 0.25) is 0 Å². The number of aliphatic hydroxyl groups is 1. The molecule has 11 nitrogen and oxygen atoms in total. The van der Waals surface area contributed by atoms with E-state index < -0.39 is 29.7 Å². The number of ether oxygens (including phenoxy) is 1. The van der Waals surface area contributed by atoms with Crippen LogP contribution in [-0.2, 0) is 6.54 Å². The number of hydrogen-bond acceptors (Lipinski definition) is 10. The Balaban J connectivity index is 1.59. The summed E-state index contributed by atoms with van der Waals surface area (Å²) >= 11 is 0. The molecule has 1 fully saturated rings. The molecule has 1 aromatic carbocycles. The fourth-order valence-corrected chi connectivity index (χ4v) is 4.79. The van der Waals surface area contributed by atoms with Crippen LogP contribution in [0.25, 0.3) is 22.4 Å². The highest BCUT2D eigenvalue weighted by Crippen LogP contribution is 2.33. The van der Waals surface area contributed by atoms with E-state index in [2.05, 4.69) is 25.1 Å². The van der Waals surface area contributed by atoms with Crippen LogP contribution in [0.15, 0.2) is 30.9 Å². The Bertz CT molecular complexity index is 1520. The van der Waals surface area contributed by atoms with Crippen molar-refractivity contribution in [3.05, 3.63) is 48.1 Å². The third-order valence-corrected chi connectivity index (χ3v) is 6.83. The lowest BCUT2D eigenvalue weighted by Crippen LogP contribution is -2.63. The van der Waals surface area contributed by atoms with Crippen LogP contribution in [0, 0.1) is 11.6 Å². The zero-order valence-electron chi connectivity index (χ0n) is 20.7. The molecule has 2 atom stereocenters. The second-order valence-electron chi connectivity index (χ2n) is 9.38. The minimum Gasteiger partial charge on any atom is -0.494 e. The third kappa shape index (κ3) is 4.90. The molecular formula is C24H25F4N9O2. The summed E-state index contributed by atoms with van der Waals surface area (Å²) in [6.07, 6.45) is -1.71. The number of piperidine rings is 1. The minimum absolute atomic E-state index is 0.0327. The normalized spacial score (nSPS) is 18.6. The van der Waals surface area contributed by atoms with E-state index in [1.165, 1.54) is 19.8 Å². The number of aromatic nitrogens is 6. The van der Waals surface area contributed by atoms with Crippen molar-refractivity contribution in [1.82, 2.24) is 29.7 Å². The molecule has 5 N–H and O–H groups in total. The van der Waals surface area contributed by atoms with Crippen molar-refractivity contribution in [2.24, 2.45) is 5.73 Å². The first-order valence-corrected chi connectivity index (χ1v) is 11.9. The van der Waals surface area contributed by atoms with Crippen molar-refractivity contribution in [2.75, 3.05) is 30.8 Å². The van der Waals surface area contributed by atoms with Gasteiger partial charge in [-0.05, 0) is 25.0 Å². The number of benzene rings is 1. The summed E-state index contributed by atoms with van der Waals surface area (Å²) in [5.41, 5.74) is 11.5. The number of nitrogens with two attached hydrogens (primary N) is 2. The summed E-state index contributed by atoms with van der Waals surface area (Å²) in [5, 5.41) is 18.5. The molecule has 0 radical (unpaired) electrons. The van der Waals surface area contributed by atoms with Gasteiger partial charge in [-0.2, -0.15) is 0 Å². The van der Waals surface area contributed by atoms with Crippen LogP contribution in [0.1, 0.15) is 18.4 Å². The van der Waals surface area contributed by atoms with Crippen molar-refractivity contribution < 1.29 is 27.4 Å². The average molecular weight is 548 g/mol. The van der Waals surface area contributed by atoms with Crippen molar-refractivity contribution in [1.29, 1.82) is 0 Å². The van der Waals surface area contributed by atoms with E-state index in [0.717, 1.165) is 12.1 Å². The number of alkyl halides is 2. The highest BCUT2D eigenvalue weighted by molar-refractivity contribution is 5.81. The van der Waals surface area contributed by atoms with E-state index in [9.17, 15) is 18.3 Å². The number of methoxy groups -OCH3 is 1. The first-order valence-electron chi connectivity index (χ1n) is 11.9. The summed E-state index contributed by atoms with van der Waals surface area (Å²) in [4.78, 5) is 14.0. The molecule has 0 amide bonds. The molecule has 4 heterocycles. The molecular weight excluding hydrogens is 522 g/mol. The Labute approximate surface area is 219 Å². The number of imidazole rings is 1. The molecule has 1 aliphatic heterocycles. The van der Waals surface area contributed by atoms with Gasteiger partial charge in [-0.15, -0.1) is 10.2 Å². The van der Waals surface area contributed by atoms with Gasteiger partial charge < -0.3 is 30.8 Å². The lowest BCUT2D eigenvalue weighted by atomic mass is 9.84. The molecule has 0 bridgehead atoms. The highest BCUT2D eigenvalue weighted by Gasteiger charge is 2.43. The van der Waals surface area contributed by atoms with Gasteiger partial charge in [-0.3, -0.25) is 0 Å². The quantitative estimate of drug-likeness (QED) is 0.293. The molecule has 5 rings (SSSR count). The van der Waals surface area contributed by atoms with Gasteiger partial charge in [0.15, 0.2) is 28.8 Å². The summed E-state index contributed by atoms with van der Waals surface area (Å²) in [5.74, 6) is -1.44. The van der Waals surface area contributed by atoms with E-state index in [4.69, 9.17) is 16.2 Å². The lowest BCUT2D eigenvalue weighted by Gasteiger charge is -2.43. The Morgan fingerprint density at radius 1 is 1.13 bits per heavy atom. The number of rotatable bonds is 7. The molecule has 0 aliphatic carbocycles. The maximum atomic E-state index is 15.1. The summed E-state index contributed by atoms with van der Waals surface area (Å²) in [6.45, 7) is 0.333. The molecule has 0 saturated carbocycles. The van der Waals surface area contributed by atoms with Gasteiger partial charge in [0.2, 0.25) is 0 Å². The summed E-state index contributed by atoms with van der Waals surface area (Å²) in [6, 6.07) is 3.45. The van der Waals surface area contributed by atoms with Crippen molar-refractivity contribution in [3.8, 4) is 17.0 Å². The molecule has 1 saturated heterocycles. The molecule has 4 aromatic rings. The zero-order valence-corrected chi connectivity index (χ0v) is 20.7. The predicted molar refractivity (Wildman–Crippen MR) is 133 cm³/mol. The lowest BCUT2D eigenvalue weighted by molar-refractivity contribution is -0.0529. The number of nitrogen functional groups attached to an aromatic ring is 1. The standard InChI is InChI=1S/C24H25F4N9O2/c1-39-16-7-14(25)13(6-15(16)26)18-12(8-37-11-33-19-22(29)31-10-32-23(19)37)5-17(34-35-18)36-4-2-3-24(30,9-36)20(38)21(27)28/h5-7,10-11,20-21,38H,2-4,8-9,30H2,1H3,(H2,29,31,32)/t20-,24-/m1/s1. The van der Waals surface area contributed by atoms with Crippen molar-refractivity contribution in [3.63, 3.8) is 0 Å². The number of fused-ring (bicyclic) bond motifs is 1. The second-order valence-corrected chi connectivity index (χ2v) is 9.38. The molecule has 0 spiro atoms. The van der Waals surface area contributed by atoms with Crippen LogP contribution in [0.4, 0.5) is 29.2 Å². The molecule has 0 unspecified atom stereocenters. The van der Waals surface area contributed by atoms with Crippen LogP contribution in [0.5, 0.6) is 5.75 Å². The third-order valence-electron chi connectivity index (χ3n) is 6.83. The molecule has 206 valence electrons. The monoisotopic (exact) mass is 547 g/mol. The highest BCUT2D eigenvalue weighted by atomic mass is 19.3. The van der Waals surface area contributed by atoms with E-state index in [1.54, 1.807) is 15.5 Å². The van der Waals surface area contributed by atoms with Gasteiger partial charge in [0.1, 0.15) is 29.5 Å². The van der Waals surface area contributed by atoms with E-state index in [-0.39, 0.29) is 48.2 Å². The van der Waals surface area contributed by atoms with Gasteiger partial charge in [0.25, 0.3) is 6.43 Å². The minimum atomic E-state index is -3.02. The van der Waals surface area contributed by atoms with Crippen molar-refractivity contribution in [2.45, 2.75) is 37.5 Å². The number of aliphatic hydroxyl groups excluding tert-OH is 1. The summed E-state index contributed by atoms with van der Waals surface area (Å²) in [7, 11) is 1.22. The smallest absolute Gasteiger partial charge is 0.265 e. The average Bonchev–Trinajstić information content (AvgIpc) is 3.33. The van der Waals surface area contributed by atoms with Gasteiger partial charge in [-0.25, -0.2) is 32.5 Å². The first-order chi connectivity index (χ1) is 18.6. The molecule has 1 aliphatic rings. The van der Waals surface area contributed by atoms with Crippen LogP contribution in [0.3, 0.4) is 0 Å². The fourth-order valence-electron chi connectivity index (χ4n) is 4.79. The zero-order chi connectivity index (χ0) is 27.9. The van der Waals surface area contributed by atoms with E-state index in [1.807, 2.05) is 0 Å². The Kier molecular flexibility index (Phi) is 6.94. The Morgan fingerprint density at radius 3 is 2.67 bits per heavy atom.